The van der Waals surface area contributed by atoms with E-state index >= 15 is 0 Å². The van der Waals surface area contributed by atoms with Crippen LogP contribution in [0.1, 0.15) is 43.2 Å². The van der Waals surface area contributed by atoms with E-state index in [2.05, 4.69) is 71.6 Å². The Bertz CT molecular complexity index is 983. The first-order valence-corrected chi connectivity index (χ1v) is 11.2. The van der Waals surface area contributed by atoms with Crippen LogP contribution in [-0.4, -0.2) is 42.0 Å². The fourth-order valence-corrected chi connectivity index (χ4v) is 4.56. The third kappa shape index (κ3) is 4.93. The molecule has 1 aliphatic rings. The van der Waals surface area contributed by atoms with Crippen LogP contribution in [0.4, 0.5) is 0 Å². The van der Waals surface area contributed by atoms with Crippen molar-refractivity contribution >= 4 is 16.8 Å². The number of aromatic nitrogens is 1. The molecule has 1 aliphatic carbocycles. The Kier molecular flexibility index (Phi) is 6.53. The van der Waals surface area contributed by atoms with Crippen LogP contribution in [0.2, 0.25) is 0 Å². The lowest BCUT2D eigenvalue weighted by molar-refractivity contribution is -0.120. The van der Waals surface area contributed by atoms with E-state index in [-0.39, 0.29) is 5.91 Å². The van der Waals surface area contributed by atoms with Crippen LogP contribution in [0.15, 0.2) is 48.7 Å². The number of nitrogens with zero attached hydrogens (tertiary/aromatic N) is 1. The first kappa shape index (κ1) is 20.7. The minimum absolute atomic E-state index is 0.0914. The van der Waals surface area contributed by atoms with Gasteiger partial charge in [0.15, 0.2) is 0 Å². The number of likely N-dealkylation sites (N-methyl/N-ethyl adjacent to an activating group) is 1. The van der Waals surface area contributed by atoms with E-state index in [1.165, 1.54) is 48.8 Å². The molecule has 0 radical (unpaired) electrons. The summed E-state index contributed by atoms with van der Waals surface area (Å²) in [6, 6.07) is 15.7. The van der Waals surface area contributed by atoms with Crippen molar-refractivity contribution in [2.24, 2.45) is 0 Å². The molecular formula is C26H33N3O. The second-order valence-corrected chi connectivity index (χ2v) is 8.74. The van der Waals surface area contributed by atoms with Crippen LogP contribution in [-0.2, 0) is 11.2 Å². The molecule has 0 aliphatic heterocycles. The second-order valence-electron chi connectivity index (χ2n) is 8.74. The fraction of sp³-hybridized carbons (Fsp3) is 0.423. The van der Waals surface area contributed by atoms with Gasteiger partial charge < -0.3 is 15.2 Å². The van der Waals surface area contributed by atoms with Crippen LogP contribution in [0.3, 0.4) is 0 Å². The maximum absolute atomic E-state index is 12.6. The normalized spacial score (nSPS) is 15.0. The SMILES string of the molecule is Cc1ccc(-c2ccc3[nH]cc(CC(=O)NCCN(C)C4CCCCC4)c3c2)cc1. The van der Waals surface area contributed by atoms with Gasteiger partial charge in [-0.05, 0) is 55.6 Å². The van der Waals surface area contributed by atoms with Gasteiger partial charge in [-0.15, -0.1) is 0 Å². The molecule has 1 fully saturated rings. The van der Waals surface area contributed by atoms with Gasteiger partial charge in [0.2, 0.25) is 5.91 Å². The molecule has 1 heterocycles. The molecule has 1 amide bonds. The summed E-state index contributed by atoms with van der Waals surface area (Å²) >= 11 is 0. The molecule has 1 aromatic heterocycles. The van der Waals surface area contributed by atoms with Crippen molar-refractivity contribution in [2.75, 3.05) is 20.1 Å². The quantitative estimate of drug-likeness (QED) is 0.579. The molecule has 4 rings (SSSR count). The Hall–Kier alpha value is -2.59. The largest absolute Gasteiger partial charge is 0.361 e. The lowest BCUT2D eigenvalue weighted by atomic mass is 9.94. The highest BCUT2D eigenvalue weighted by molar-refractivity contribution is 5.91. The average Bonchev–Trinajstić information content (AvgIpc) is 3.16. The molecule has 1 saturated carbocycles. The van der Waals surface area contributed by atoms with Crippen molar-refractivity contribution in [3.8, 4) is 11.1 Å². The molecule has 2 N–H and O–H groups in total. The molecule has 0 unspecified atom stereocenters. The number of fused-ring (bicyclic) bond motifs is 1. The highest BCUT2D eigenvalue weighted by Crippen LogP contribution is 2.27. The Morgan fingerprint density at radius 3 is 2.57 bits per heavy atom. The Morgan fingerprint density at radius 1 is 1.07 bits per heavy atom. The van der Waals surface area contributed by atoms with Crippen LogP contribution in [0, 0.1) is 6.92 Å². The summed E-state index contributed by atoms with van der Waals surface area (Å²) in [4.78, 5) is 18.3. The molecule has 2 aromatic carbocycles. The van der Waals surface area contributed by atoms with E-state index in [1.807, 2.05) is 6.20 Å². The predicted octanol–water partition coefficient (Wildman–Crippen LogP) is 5.07. The number of benzene rings is 2. The lowest BCUT2D eigenvalue weighted by Gasteiger charge is -2.31. The van der Waals surface area contributed by atoms with Gasteiger partial charge >= 0.3 is 0 Å². The third-order valence-corrected chi connectivity index (χ3v) is 6.49. The van der Waals surface area contributed by atoms with Crippen molar-refractivity contribution in [3.05, 3.63) is 59.8 Å². The standard InChI is InChI=1S/C26H33N3O/c1-19-8-10-20(11-9-19)21-12-13-25-24(16-21)22(18-28-25)17-26(30)27-14-15-29(2)23-6-4-3-5-7-23/h8-13,16,18,23,28H,3-7,14-15,17H2,1-2H3,(H,27,30). The first-order valence-electron chi connectivity index (χ1n) is 11.2. The summed E-state index contributed by atoms with van der Waals surface area (Å²) < 4.78 is 0. The maximum Gasteiger partial charge on any atom is 0.224 e. The molecule has 4 nitrogen and oxygen atoms in total. The van der Waals surface area contributed by atoms with E-state index in [0.717, 1.165) is 23.0 Å². The number of hydrogen-bond donors (Lipinski definition) is 2. The van der Waals surface area contributed by atoms with E-state index in [9.17, 15) is 4.79 Å². The second kappa shape index (κ2) is 9.48. The predicted molar refractivity (Wildman–Crippen MR) is 125 cm³/mol. The average molecular weight is 404 g/mol. The molecule has 0 bridgehead atoms. The molecule has 0 atom stereocenters. The van der Waals surface area contributed by atoms with Gasteiger partial charge in [0, 0.05) is 36.2 Å². The summed E-state index contributed by atoms with van der Waals surface area (Å²) in [5.74, 6) is 0.0914. The molecule has 3 aromatic rings. The summed E-state index contributed by atoms with van der Waals surface area (Å²) in [5, 5.41) is 4.24. The monoisotopic (exact) mass is 403 g/mol. The topological polar surface area (TPSA) is 48.1 Å². The molecule has 0 saturated heterocycles. The smallest absolute Gasteiger partial charge is 0.224 e. The number of aryl methyl sites for hydroxylation is 1. The van der Waals surface area contributed by atoms with Crippen LogP contribution in [0.25, 0.3) is 22.0 Å². The van der Waals surface area contributed by atoms with Gasteiger partial charge in [-0.1, -0.05) is 55.2 Å². The van der Waals surface area contributed by atoms with Gasteiger partial charge in [0.25, 0.3) is 0 Å². The highest BCUT2D eigenvalue weighted by Gasteiger charge is 2.17. The van der Waals surface area contributed by atoms with Crippen molar-refractivity contribution in [3.63, 3.8) is 0 Å². The summed E-state index contributed by atoms with van der Waals surface area (Å²) in [7, 11) is 2.19. The maximum atomic E-state index is 12.6. The summed E-state index contributed by atoms with van der Waals surface area (Å²) in [5.41, 5.74) is 5.76. The third-order valence-electron chi connectivity index (χ3n) is 6.49. The van der Waals surface area contributed by atoms with Gasteiger partial charge in [-0.3, -0.25) is 4.79 Å². The molecular weight excluding hydrogens is 370 g/mol. The first-order chi connectivity index (χ1) is 14.6. The number of rotatable bonds is 7. The number of aromatic amines is 1. The van der Waals surface area contributed by atoms with Crippen LogP contribution >= 0.6 is 0 Å². The lowest BCUT2D eigenvalue weighted by Crippen LogP contribution is -2.39. The van der Waals surface area contributed by atoms with Crippen molar-refractivity contribution in [2.45, 2.75) is 51.5 Å². The Morgan fingerprint density at radius 2 is 1.80 bits per heavy atom. The summed E-state index contributed by atoms with van der Waals surface area (Å²) in [6.45, 7) is 3.73. The molecule has 4 heteroatoms. The van der Waals surface area contributed by atoms with Gasteiger partial charge in [0.1, 0.15) is 0 Å². The summed E-state index contributed by atoms with van der Waals surface area (Å²) in [6.07, 6.45) is 9.02. The minimum Gasteiger partial charge on any atom is -0.361 e. The van der Waals surface area contributed by atoms with E-state index in [1.54, 1.807) is 0 Å². The minimum atomic E-state index is 0.0914. The van der Waals surface area contributed by atoms with Crippen LogP contribution in [0.5, 0.6) is 0 Å². The van der Waals surface area contributed by atoms with E-state index in [4.69, 9.17) is 0 Å². The number of nitrogens with one attached hydrogen (secondary N) is 2. The Balaban J connectivity index is 1.36. The van der Waals surface area contributed by atoms with E-state index in [0.29, 0.717) is 19.0 Å². The molecule has 0 spiro atoms. The van der Waals surface area contributed by atoms with E-state index < -0.39 is 0 Å². The number of amides is 1. The zero-order valence-electron chi connectivity index (χ0n) is 18.2. The number of carbonyl (C=O) groups is 1. The van der Waals surface area contributed by atoms with Gasteiger partial charge in [-0.2, -0.15) is 0 Å². The van der Waals surface area contributed by atoms with Crippen LogP contribution < -0.4 is 5.32 Å². The fourth-order valence-electron chi connectivity index (χ4n) is 4.56. The van der Waals surface area contributed by atoms with Crippen molar-refractivity contribution in [1.29, 1.82) is 0 Å². The number of H-pyrrole nitrogens is 1. The van der Waals surface area contributed by atoms with Crippen molar-refractivity contribution < 1.29 is 4.79 Å². The zero-order chi connectivity index (χ0) is 20.9. The molecule has 158 valence electrons. The highest BCUT2D eigenvalue weighted by atomic mass is 16.1. The zero-order valence-corrected chi connectivity index (χ0v) is 18.2. The number of carbonyl (C=O) groups excluding carboxylic acids is 1. The number of hydrogen-bond acceptors (Lipinski definition) is 2. The van der Waals surface area contributed by atoms with Crippen molar-refractivity contribution in [1.82, 2.24) is 15.2 Å². The van der Waals surface area contributed by atoms with Gasteiger partial charge in [-0.25, -0.2) is 0 Å². The van der Waals surface area contributed by atoms with Gasteiger partial charge in [0.05, 0.1) is 6.42 Å². The Labute approximate surface area is 179 Å². The molecule has 30 heavy (non-hydrogen) atoms.